The number of aromatic nitrogens is 1. The molecular formula is C21H20N4O8S2. The molecule has 0 aliphatic carbocycles. The Labute approximate surface area is 204 Å². The number of nitrogens with one attached hydrogen (secondary N) is 1. The van der Waals surface area contributed by atoms with Crippen molar-refractivity contribution in [2.75, 3.05) is 29.4 Å². The lowest BCUT2D eigenvalue weighted by molar-refractivity contribution is -0.380. The van der Waals surface area contributed by atoms with Gasteiger partial charge >= 0.3 is 11.0 Å². The number of ether oxygens (including phenoxy) is 2. The molecule has 0 atom stereocenters. The number of hydrogen-bond donors (Lipinski definition) is 1. The molecule has 3 aromatic rings. The first kappa shape index (κ1) is 25.6. The summed E-state index contributed by atoms with van der Waals surface area (Å²) in [5.41, 5.74) is 0.422. The number of nitrogens with zero attached hydrogens (tertiary/aromatic N) is 3. The van der Waals surface area contributed by atoms with E-state index >= 15 is 0 Å². The lowest BCUT2D eigenvalue weighted by Crippen LogP contribution is -2.30. The van der Waals surface area contributed by atoms with Gasteiger partial charge in [0.25, 0.3) is 15.9 Å². The van der Waals surface area contributed by atoms with Gasteiger partial charge in [-0.1, -0.05) is 18.2 Å². The first-order valence-corrected chi connectivity index (χ1v) is 12.3. The van der Waals surface area contributed by atoms with Crippen molar-refractivity contribution in [2.24, 2.45) is 0 Å². The summed E-state index contributed by atoms with van der Waals surface area (Å²) in [6, 6.07) is 14.2. The van der Waals surface area contributed by atoms with Crippen LogP contribution in [-0.4, -0.2) is 50.0 Å². The van der Waals surface area contributed by atoms with Gasteiger partial charge in [0.05, 0.1) is 15.5 Å². The van der Waals surface area contributed by atoms with E-state index in [-0.39, 0.29) is 21.6 Å². The normalized spacial score (nSPS) is 10.9. The van der Waals surface area contributed by atoms with Gasteiger partial charge in [0.1, 0.15) is 11.9 Å². The van der Waals surface area contributed by atoms with Gasteiger partial charge in [0.2, 0.25) is 0 Å². The number of anilines is 2. The summed E-state index contributed by atoms with van der Waals surface area (Å²) >= 11 is 0.667. The highest BCUT2D eigenvalue weighted by Gasteiger charge is 2.23. The van der Waals surface area contributed by atoms with Crippen LogP contribution in [0.25, 0.3) is 0 Å². The molecule has 12 nitrogen and oxygen atoms in total. The summed E-state index contributed by atoms with van der Waals surface area (Å²) in [7, 11) is -3.74. The average molecular weight is 521 g/mol. The van der Waals surface area contributed by atoms with Gasteiger partial charge in [-0.2, -0.15) is 0 Å². The number of esters is 1. The third-order valence-electron chi connectivity index (χ3n) is 4.38. The molecule has 1 N–H and O–H groups in total. The van der Waals surface area contributed by atoms with Crippen LogP contribution >= 0.6 is 11.3 Å². The van der Waals surface area contributed by atoms with E-state index in [4.69, 9.17) is 9.47 Å². The van der Waals surface area contributed by atoms with E-state index in [9.17, 15) is 28.1 Å². The third-order valence-corrected chi connectivity index (χ3v) is 7.17. The smallest absolute Gasteiger partial charge is 0.345 e. The molecule has 0 radical (unpaired) electrons. The van der Waals surface area contributed by atoms with E-state index in [2.05, 4.69) is 10.3 Å². The Morgan fingerprint density at radius 1 is 1.11 bits per heavy atom. The highest BCUT2D eigenvalue weighted by atomic mass is 32.2. The van der Waals surface area contributed by atoms with Crippen LogP contribution in [0.1, 0.15) is 6.92 Å². The van der Waals surface area contributed by atoms with Crippen molar-refractivity contribution in [3.8, 4) is 5.75 Å². The number of benzene rings is 2. The molecule has 0 aliphatic rings. The maximum atomic E-state index is 12.9. The number of rotatable bonds is 11. The number of nitro groups is 1. The molecule has 0 saturated carbocycles. The average Bonchev–Trinajstić information content (AvgIpc) is 3.32. The molecule has 0 fully saturated rings. The fraction of sp³-hybridized carbons (Fsp3) is 0.190. The van der Waals surface area contributed by atoms with Crippen molar-refractivity contribution in [3.05, 3.63) is 70.9 Å². The summed E-state index contributed by atoms with van der Waals surface area (Å²) in [6.45, 7) is 0.805. The standard InChI is InChI=1S/C21H20N4O8S2/c1-2-24(35(30,31)17-6-4-3-5-7-17)15-8-10-16(11-9-15)32-14-20(27)33-13-18(26)23-21-22-12-19(34-21)25(28)29/h3-12H,2,13-14H2,1H3,(H,22,23,26). The number of carbonyl (C=O) groups excluding carboxylic acids is 2. The zero-order valence-corrected chi connectivity index (χ0v) is 20.0. The van der Waals surface area contributed by atoms with Gasteiger partial charge in [0.15, 0.2) is 18.3 Å². The molecule has 2 aromatic carbocycles. The largest absolute Gasteiger partial charge is 0.482 e. The lowest BCUT2D eigenvalue weighted by atomic mass is 10.3. The number of carbonyl (C=O) groups is 2. The number of thiazole rings is 1. The zero-order valence-electron chi connectivity index (χ0n) is 18.3. The minimum atomic E-state index is -3.74. The monoisotopic (exact) mass is 520 g/mol. The van der Waals surface area contributed by atoms with Crippen molar-refractivity contribution in [1.29, 1.82) is 0 Å². The minimum absolute atomic E-state index is 0.00416. The SMILES string of the molecule is CCN(c1ccc(OCC(=O)OCC(=O)Nc2ncc([N+](=O)[O-])s2)cc1)S(=O)(=O)c1ccccc1. The van der Waals surface area contributed by atoms with Crippen LogP contribution in [0.3, 0.4) is 0 Å². The molecule has 1 aromatic heterocycles. The second-order valence-electron chi connectivity index (χ2n) is 6.74. The van der Waals surface area contributed by atoms with Crippen molar-refractivity contribution in [1.82, 2.24) is 4.98 Å². The van der Waals surface area contributed by atoms with Crippen molar-refractivity contribution in [2.45, 2.75) is 11.8 Å². The molecule has 14 heteroatoms. The zero-order chi connectivity index (χ0) is 25.4. The molecule has 0 spiro atoms. The Morgan fingerprint density at radius 2 is 1.80 bits per heavy atom. The third kappa shape index (κ3) is 6.74. The van der Waals surface area contributed by atoms with Crippen molar-refractivity contribution >= 4 is 49.1 Å². The van der Waals surface area contributed by atoms with E-state index in [1.54, 1.807) is 37.3 Å². The summed E-state index contributed by atoms with van der Waals surface area (Å²) in [5, 5.41) is 12.7. The Hall–Kier alpha value is -4.04. The van der Waals surface area contributed by atoms with E-state index in [1.165, 1.54) is 28.6 Å². The number of hydrogen-bond acceptors (Lipinski definition) is 10. The Bertz CT molecular complexity index is 1290. The van der Waals surface area contributed by atoms with Gasteiger partial charge in [-0.25, -0.2) is 18.2 Å². The van der Waals surface area contributed by atoms with Crippen LogP contribution in [0.4, 0.5) is 15.8 Å². The van der Waals surface area contributed by atoms with E-state index < -0.39 is 40.0 Å². The highest BCUT2D eigenvalue weighted by molar-refractivity contribution is 7.92. The second-order valence-corrected chi connectivity index (χ2v) is 9.61. The summed E-state index contributed by atoms with van der Waals surface area (Å²) in [5.74, 6) is -1.25. The Kier molecular flexibility index (Phi) is 8.33. The maximum absolute atomic E-state index is 12.9. The first-order chi connectivity index (χ1) is 16.7. The fourth-order valence-corrected chi connectivity index (χ4v) is 4.96. The van der Waals surface area contributed by atoms with Crippen molar-refractivity contribution in [3.63, 3.8) is 0 Å². The second kappa shape index (κ2) is 11.4. The summed E-state index contributed by atoms with van der Waals surface area (Å²) in [4.78, 5) is 37.5. The molecule has 0 unspecified atom stereocenters. The topological polar surface area (TPSA) is 158 Å². The molecule has 1 heterocycles. The van der Waals surface area contributed by atoms with Crippen LogP contribution in [0.5, 0.6) is 5.75 Å². The van der Waals surface area contributed by atoms with Crippen LogP contribution in [-0.2, 0) is 24.3 Å². The van der Waals surface area contributed by atoms with Crippen molar-refractivity contribution < 1.29 is 32.4 Å². The Balaban J connectivity index is 1.50. The Morgan fingerprint density at radius 3 is 2.40 bits per heavy atom. The fourth-order valence-electron chi connectivity index (χ4n) is 2.81. The minimum Gasteiger partial charge on any atom is -0.482 e. The van der Waals surface area contributed by atoms with Gasteiger partial charge in [-0.3, -0.25) is 24.5 Å². The number of sulfonamides is 1. The molecule has 0 aliphatic heterocycles. The predicted octanol–water partition coefficient (Wildman–Crippen LogP) is 2.83. The molecule has 35 heavy (non-hydrogen) atoms. The quantitative estimate of drug-likeness (QED) is 0.228. The van der Waals surface area contributed by atoms with E-state index in [0.29, 0.717) is 22.8 Å². The highest BCUT2D eigenvalue weighted by Crippen LogP contribution is 2.26. The predicted molar refractivity (Wildman–Crippen MR) is 127 cm³/mol. The summed E-state index contributed by atoms with van der Waals surface area (Å²) < 4.78 is 37.2. The van der Waals surface area contributed by atoms with Crippen LogP contribution < -0.4 is 14.4 Å². The molecule has 184 valence electrons. The molecule has 3 rings (SSSR count). The van der Waals surface area contributed by atoms with Gasteiger partial charge in [0, 0.05) is 6.54 Å². The first-order valence-electron chi connectivity index (χ1n) is 10.1. The van der Waals surface area contributed by atoms with Gasteiger partial charge in [-0.05, 0) is 54.7 Å². The number of amides is 1. The molecule has 1 amide bonds. The van der Waals surface area contributed by atoms with Crippen LogP contribution in [0, 0.1) is 10.1 Å². The molecule has 0 saturated heterocycles. The lowest BCUT2D eigenvalue weighted by Gasteiger charge is -2.23. The van der Waals surface area contributed by atoms with Crippen LogP contribution in [0.15, 0.2) is 65.7 Å². The van der Waals surface area contributed by atoms with E-state index in [1.807, 2.05) is 0 Å². The summed E-state index contributed by atoms with van der Waals surface area (Å²) in [6.07, 6.45) is 1.00. The molecule has 0 bridgehead atoms. The van der Waals surface area contributed by atoms with Gasteiger partial charge < -0.3 is 9.47 Å². The van der Waals surface area contributed by atoms with Crippen LogP contribution in [0.2, 0.25) is 0 Å². The van der Waals surface area contributed by atoms with E-state index in [0.717, 1.165) is 6.20 Å². The van der Waals surface area contributed by atoms with Gasteiger partial charge in [-0.15, -0.1) is 0 Å². The maximum Gasteiger partial charge on any atom is 0.345 e. The molecular weight excluding hydrogens is 500 g/mol.